The maximum atomic E-state index is 12.8. The average Bonchev–Trinajstić information content (AvgIpc) is 2.92. The molecular formula is C20H27ClN4O. The van der Waals surface area contributed by atoms with Crippen LogP contribution in [-0.2, 0) is 11.2 Å². The van der Waals surface area contributed by atoms with E-state index < -0.39 is 0 Å². The molecule has 0 spiro atoms. The van der Waals surface area contributed by atoms with Gasteiger partial charge in [0.05, 0.1) is 17.8 Å². The van der Waals surface area contributed by atoms with Crippen molar-refractivity contribution >= 4 is 17.5 Å². The Morgan fingerprint density at radius 3 is 2.81 bits per heavy atom. The minimum atomic E-state index is 0.178. The smallest absolute Gasteiger partial charge is 0.227 e. The zero-order valence-electron chi connectivity index (χ0n) is 16.0. The Kier molecular flexibility index (Phi) is 5.68. The first-order valence-electron chi connectivity index (χ1n) is 9.17. The molecule has 2 aromatic rings. The number of carbonyl (C=O) groups excluding carboxylic acids is 1. The topological polar surface area (TPSA) is 50.2 Å². The molecule has 0 bridgehead atoms. The number of hydrogen-bond acceptors (Lipinski definition) is 3. The van der Waals surface area contributed by atoms with Crippen LogP contribution < -0.4 is 5.32 Å². The molecule has 5 nitrogen and oxygen atoms in total. The highest BCUT2D eigenvalue weighted by Gasteiger charge is 2.24. The maximum absolute atomic E-state index is 12.8. The second-order valence-corrected chi connectivity index (χ2v) is 7.55. The van der Waals surface area contributed by atoms with E-state index in [9.17, 15) is 4.79 Å². The normalized spacial score (nSPS) is 17.6. The lowest BCUT2D eigenvalue weighted by atomic mass is 10.0. The van der Waals surface area contributed by atoms with E-state index in [1.165, 1.54) is 0 Å². The summed E-state index contributed by atoms with van der Waals surface area (Å²) in [5, 5.41) is 8.66. The van der Waals surface area contributed by atoms with Crippen LogP contribution >= 0.6 is 11.6 Å². The third-order valence-corrected chi connectivity index (χ3v) is 5.76. The highest BCUT2D eigenvalue weighted by molar-refractivity contribution is 6.31. The first-order valence-corrected chi connectivity index (χ1v) is 9.55. The van der Waals surface area contributed by atoms with Crippen molar-refractivity contribution in [1.82, 2.24) is 20.0 Å². The molecule has 0 aliphatic carbocycles. The van der Waals surface area contributed by atoms with Gasteiger partial charge in [-0.1, -0.05) is 17.7 Å². The fourth-order valence-electron chi connectivity index (χ4n) is 3.60. The highest BCUT2D eigenvalue weighted by Crippen LogP contribution is 2.23. The Morgan fingerprint density at radius 1 is 1.35 bits per heavy atom. The number of nitrogens with zero attached hydrogens (tertiary/aromatic N) is 3. The number of rotatable bonds is 4. The van der Waals surface area contributed by atoms with Crippen molar-refractivity contribution in [3.8, 4) is 5.69 Å². The largest absolute Gasteiger partial charge is 0.341 e. The van der Waals surface area contributed by atoms with Gasteiger partial charge in [-0.05, 0) is 58.4 Å². The van der Waals surface area contributed by atoms with Crippen LogP contribution in [0.4, 0.5) is 0 Å². The molecule has 1 N–H and O–H groups in total. The quantitative estimate of drug-likeness (QED) is 0.894. The Balaban J connectivity index is 1.81. The Labute approximate surface area is 160 Å². The number of nitrogens with one attached hydrogen (secondary N) is 1. The fourth-order valence-corrected chi connectivity index (χ4v) is 3.77. The van der Waals surface area contributed by atoms with Gasteiger partial charge in [-0.2, -0.15) is 5.10 Å². The summed E-state index contributed by atoms with van der Waals surface area (Å²) >= 11 is 6.27. The molecule has 6 heteroatoms. The molecule has 1 aliphatic heterocycles. The van der Waals surface area contributed by atoms with Gasteiger partial charge in [0, 0.05) is 35.4 Å². The molecule has 1 amide bonds. The molecule has 26 heavy (non-hydrogen) atoms. The zero-order chi connectivity index (χ0) is 18.8. The Morgan fingerprint density at radius 2 is 2.12 bits per heavy atom. The lowest BCUT2D eigenvalue weighted by Gasteiger charge is -2.32. The van der Waals surface area contributed by atoms with Gasteiger partial charge in [0.2, 0.25) is 5.91 Å². The Bertz CT molecular complexity index is 814. The van der Waals surface area contributed by atoms with E-state index >= 15 is 0 Å². The van der Waals surface area contributed by atoms with Gasteiger partial charge < -0.3 is 10.2 Å². The van der Waals surface area contributed by atoms with Crippen LogP contribution in [0, 0.1) is 20.8 Å². The first kappa shape index (κ1) is 18.9. The summed E-state index contributed by atoms with van der Waals surface area (Å²) in [6, 6.07) is 6.32. The number of amides is 1. The standard InChI is InChI=1S/C20H27ClN4O/c1-13-7-8-17(10-19(13)21)25-15(3)18(14(2)23-25)11-20(26)24-9-5-6-16(12-24)22-4/h7-8,10,16,22H,5-6,9,11-12H2,1-4H3. The van der Waals surface area contributed by atoms with Crippen LogP contribution in [0.1, 0.15) is 35.4 Å². The minimum absolute atomic E-state index is 0.178. The van der Waals surface area contributed by atoms with Crippen molar-refractivity contribution in [2.45, 2.75) is 46.1 Å². The van der Waals surface area contributed by atoms with Gasteiger partial charge in [0.15, 0.2) is 0 Å². The summed E-state index contributed by atoms with van der Waals surface area (Å²) in [6.45, 7) is 7.60. The second-order valence-electron chi connectivity index (χ2n) is 7.14. The van der Waals surface area contributed by atoms with Crippen LogP contribution in [-0.4, -0.2) is 46.8 Å². The zero-order valence-corrected chi connectivity index (χ0v) is 16.7. The SMILES string of the molecule is CNC1CCCN(C(=O)Cc2c(C)nn(-c3ccc(C)c(Cl)c3)c2C)C1. The third kappa shape index (κ3) is 3.79. The fraction of sp³-hybridized carbons (Fsp3) is 0.500. The number of piperidine rings is 1. The predicted octanol–water partition coefficient (Wildman–Crippen LogP) is 3.20. The van der Waals surface area contributed by atoms with Crippen molar-refractivity contribution in [1.29, 1.82) is 0 Å². The molecule has 3 rings (SSSR count). The van der Waals surface area contributed by atoms with Gasteiger partial charge in [-0.3, -0.25) is 4.79 Å². The molecule has 1 unspecified atom stereocenters. The van der Waals surface area contributed by atoms with Crippen molar-refractivity contribution < 1.29 is 4.79 Å². The van der Waals surface area contributed by atoms with E-state index in [1.54, 1.807) is 0 Å². The molecule has 0 radical (unpaired) electrons. The van der Waals surface area contributed by atoms with E-state index in [-0.39, 0.29) is 5.91 Å². The van der Waals surface area contributed by atoms with Gasteiger partial charge >= 0.3 is 0 Å². The van der Waals surface area contributed by atoms with Gasteiger partial charge in [-0.25, -0.2) is 4.68 Å². The molecule has 140 valence electrons. The molecular weight excluding hydrogens is 348 g/mol. The third-order valence-electron chi connectivity index (χ3n) is 5.35. The molecule has 1 atom stereocenters. The van der Waals surface area contributed by atoms with Crippen LogP contribution in [0.15, 0.2) is 18.2 Å². The lowest BCUT2D eigenvalue weighted by Crippen LogP contribution is -2.47. The lowest BCUT2D eigenvalue weighted by molar-refractivity contribution is -0.131. The number of hydrogen-bond donors (Lipinski definition) is 1. The maximum Gasteiger partial charge on any atom is 0.227 e. The van der Waals surface area contributed by atoms with Crippen LogP contribution in [0.5, 0.6) is 0 Å². The van der Waals surface area contributed by atoms with Crippen molar-refractivity contribution in [2.75, 3.05) is 20.1 Å². The summed E-state index contributed by atoms with van der Waals surface area (Å²) < 4.78 is 1.88. The van der Waals surface area contributed by atoms with Gasteiger partial charge in [-0.15, -0.1) is 0 Å². The summed E-state index contributed by atoms with van der Waals surface area (Å²) in [4.78, 5) is 14.8. The van der Waals surface area contributed by atoms with E-state index in [2.05, 4.69) is 10.4 Å². The van der Waals surface area contributed by atoms with E-state index in [1.807, 2.05) is 55.6 Å². The summed E-state index contributed by atoms with van der Waals surface area (Å²) in [7, 11) is 1.96. The van der Waals surface area contributed by atoms with Gasteiger partial charge in [0.1, 0.15) is 0 Å². The predicted molar refractivity (Wildman–Crippen MR) is 105 cm³/mol. The number of carbonyl (C=O) groups is 1. The molecule has 2 heterocycles. The molecule has 1 aromatic carbocycles. The monoisotopic (exact) mass is 374 g/mol. The second kappa shape index (κ2) is 7.80. The van der Waals surface area contributed by atoms with Crippen molar-refractivity contribution in [3.63, 3.8) is 0 Å². The number of benzene rings is 1. The number of aromatic nitrogens is 2. The average molecular weight is 375 g/mol. The molecule has 1 aliphatic rings. The van der Waals surface area contributed by atoms with Crippen LogP contribution in [0.2, 0.25) is 5.02 Å². The number of likely N-dealkylation sites (tertiary alicyclic amines) is 1. The number of likely N-dealkylation sites (N-methyl/N-ethyl adjacent to an activating group) is 1. The number of aryl methyl sites for hydroxylation is 2. The van der Waals surface area contributed by atoms with Crippen LogP contribution in [0.25, 0.3) is 5.69 Å². The molecule has 1 aromatic heterocycles. The Hall–Kier alpha value is -1.85. The van der Waals surface area contributed by atoms with Crippen LogP contribution in [0.3, 0.4) is 0 Å². The highest BCUT2D eigenvalue weighted by atomic mass is 35.5. The van der Waals surface area contributed by atoms with Crippen molar-refractivity contribution in [3.05, 3.63) is 45.7 Å². The molecule has 1 fully saturated rings. The molecule has 1 saturated heterocycles. The van der Waals surface area contributed by atoms with Gasteiger partial charge in [0.25, 0.3) is 0 Å². The minimum Gasteiger partial charge on any atom is -0.341 e. The number of halogens is 1. The summed E-state index contributed by atoms with van der Waals surface area (Å²) in [5.41, 5.74) is 4.87. The van der Waals surface area contributed by atoms with Crippen molar-refractivity contribution in [2.24, 2.45) is 0 Å². The van der Waals surface area contributed by atoms with E-state index in [4.69, 9.17) is 11.6 Å². The first-order chi connectivity index (χ1) is 12.4. The van der Waals surface area contributed by atoms with E-state index in [0.717, 1.165) is 59.2 Å². The summed E-state index contributed by atoms with van der Waals surface area (Å²) in [6.07, 6.45) is 2.58. The summed E-state index contributed by atoms with van der Waals surface area (Å²) in [5.74, 6) is 0.178. The van der Waals surface area contributed by atoms with E-state index in [0.29, 0.717) is 12.5 Å². The molecule has 0 saturated carbocycles.